The Morgan fingerprint density at radius 2 is 2.18 bits per heavy atom. The van der Waals surface area contributed by atoms with E-state index in [2.05, 4.69) is 31.1 Å². The highest BCUT2D eigenvalue weighted by Gasteiger charge is 2.34. The fraction of sp³-hybridized carbons (Fsp3) is 1.00. The van der Waals surface area contributed by atoms with Gasteiger partial charge in [-0.25, -0.2) is 0 Å². The maximum absolute atomic E-state index is 3.24. The molecule has 1 rings (SSSR count). The first-order chi connectivity index (χ1) is 5.05. The van der Waals surface area contributed by atoms with Crippen molar-refractivity contribution in [1.29, 1.82) is 0 Å². The average molecular weight is 156 g/mol. The van der Waals surface area contributed by atoms with Gasteiger partial charge in [-0.15, -0.1) is 0 Å². The molecule has 1 heterocycles. The molecule has 1 fully saturated rings. The lowest BCUT2D eigenvalue weighted by Crippen LogP contribution is -2.33. The number of nitrogens with one attached hydrogen (secondary N) is 1. The summed E-state index contributed by atoms with van der Waals surface area (Å²) in [6.07, 6.45) is 1.32. The Kier molecular flexibility index (Phi) is 2.55. The zero-order chi connectivity index (χ0) is 8.48. The van der Waals surface area contributed by atoms with Gasteiger partial charge in [-0.2, -0.15) is 0 Å². The van der Waals surface area contributed by atoms with Crippen LogP contribution in [0.3, 0.4) is 0 Å². The quantitative estimate of drug-likeness (QED) is 0.640. The van der Waals surface area contributed by atoms with Crippen LogP contribution in [-0.4, -0.2) is 38.1 Å². The molecule has 0 aliphatic carbocycles. The highest BCUT2D eigenvalue weighted by molar-refractivity contribution is 4.89. The predicted molar refractivity (Wildman–Crippen MR) is 48.7 cm³/mol. The van der Waals surface area contributed by atoms with Crippen molar-refractivity contribution in [3.05, 3.63) is 0 Å². The van der Waals surface area contributed by atoms with E-state index in [9.17, 15) is 0 Å². The van der Waals surface area contributed by atoms with Gasteiger partial charge in [0.1, 0.15) is 0 Å². The summed E-state index contributed by atoms with van der Waals surface area (Å²) in [4.78, 5) is 2.45. The van der Waals surface area contributed by atoms with Crippen LogP contribution in [0.25, 0.3) is 0 Å². The number of likely N-dealkylation sites (N-methyl/N-ethyl adjacent to an activating group) is 2. The summed E-state index contributed by atoms with van der Waals surface area (Å²) in [5.41, 5.74) is 0.524. The van der Waals surface area contributed by atoms with Gasteiger partial charge in [0, 0.05) is 19.1 Å². The van der Waals surface area contributed by atoms with E-state index in [1.807, 2.05) is 7.05 Å². The topological polar surface area (TPSA) is 15.3 Å². The second-order valence-electron chi connectivity index (χ2n) is 4.49. The van der Waals surface area contributed by atoms with E-state index >= 15 is 0 Å². The minimum absolute atomic E-state index is 0.524. The molecule has 0 radical (unpaired) electrons. The van der Waals surface area contributed by atoms with Gasteiger partial charge >= 0.3 is 0 Å². The first-order valence-electron chi connectivity index (χ1n) is 4.40. The number of nitrogens with zero attached hydrogens (tertiary/aromatic N) is 1. The maximum Gasteiger partial charge on any atom is 0.0223 e. The van der Waals surface area contributed by atoms with Crippen LogP contribution in [0.1, 0.15) is 20.3 Å². The first-order valence-corrected chi connectivity index (χ1v) is 4.40. The largest absolute Gasteiger partial charge is 0.318 e. The molecular weight excluding hydrogens is 136 g/mol. The minimum Gasteiger partial charge on any atom is -0.318 e. The van der Waals surface area contributed by atoms with Crippen molar-refractivity contribution in [1.82, 2.24) is 10.2 Å². The van der Waals surface area contributed by atoms with E-state index in [1.54, 1.807) is 0 Å². The number of hydrogen-bond acceptors (Lipinski definition) is 2. The molecule has 0 aromatic carbocycles. The Labute approximate surface area is 70.0 Å². The average Bonchev–Trinajstić information content (AvgIpc) is 2.07. The van der Waals surface area contributed by atoms with E-state index in [0.717, 1.165) is 12.6 Å². The van der Waals surface area contributed by atoms with Crippen molar-refractivity contribution in [3.63, 3.8) is 0 Å². The van der Waals surface area contributed by atoms with Crippen molar-refractivity contribution in [2.24, 2.45) is 5.41 Å². The summed E-state index contributed by atoms with van der Waals surface area (Å²) in [6.45, 7) is 7.05. The Bertz CT molecular complexity index is 132. The molecule has 1 aliphatic heterocycles. The van der Waals surface area contributed by atoms with Crippen molar-refractivity contribution >= 4 is 0 Å². The standard InChI is InChI=1S/C9H20N2/c1-9(2)5-8(6-10-3)11(4)7-9/h8,10H,5-7H2,1-4H3. The fourth-order valence-electron chi connectivity index (χ4n) is 2.13. The molecule has 11 heavy (non-hydrogen) atoms. The molecule has 0 aromatic rings. The van der Waals surface area contributed by atoms with Crippen LogP contribution in [0, 0.1) is 5.41 Å². The molecular formula is C9H20N2. The number of likely N-dealkylation sites (tertiary alicyclic amines) is 1. The lowest BCUT2D eigenvalue weighted by Gasteiger charge is -2.18. The van der Waals surface area contributed by atoms with E-state index in [-0.39, 0.29) is 0 Å². The highest BCUT2D eigenvalue weighted by atomic mass is 15.2. The van der Waals surface area contributed by atoms with Crippen LogP contribution < -0.4 is 5.32 Å². The van der Waals surface area contributed by atoms with Crippen LogP contribution in [0.2, 0.25) is 0 Å². The molecule has 1 N–H and O–H groups in total. The van der Waals surface area contributed by atoms with Crippen LogP contribution in [0.15, 0.2) is 0 Å². The fourth-order valence-corrected chi connectivity index (χ4v) is 2.13. The first kappa shape index (κ1) is 9.01. The zero-order valence-electron chi connectivity index (χ0n) is 8.15. The SMILES string of the molecule is CNCC1CC(C)(C)CN1C. The lowest BCUT2D eigenvalue weighted by atomic mass is 9.91. The summed E-state index contributed by atoms with van der Waals surface area (Å²) >= 11 is 0. The normalized spacial score (nSPS) is 31.1. The third-order valence-electron chi connectivity index (χ3n) is 2.53. The van der Waals surface area contributed by atoms with E-state index in [4.69, 9.17) is 0 Å². The summed E-state index contributed by atoms with van der Waals surface area (Å²) in [6, 6.07) is 0.745. The molecule has 0 aromatic heterocycles. The van der Waals surface area contributed by atoms with Gasteiger partial charge < -0.3 is 10.2 Å². The van der Waals surface area contributed by atoms with Crippen molar-refractivity contribution in [2.45, 2.75) is 26.3 Å². The zero-order valence-corrected chi connectivity index (χ0v) is 8.15. The molecule has 1 aliphatic rings. The van der Waals surface area contributed by atoms with Gasteiger partial charge in [-0.1, -0.05) is 13.8 Å². The minimum atomic E-state index is 0.524. The molecule has 0 amide bonds. The molecule has 0 spiro atoms. The van der Waals surface area contributed by atoms with Crippen molar-refractivity contribution in [3.8, 4) is 0 Å². The predicted octanol–water partition coefficient (Wildman–Crippen LogP) is 0.936. The Morgan fingerprint density at radius 3 is 2.55 bits per heavy atom. The molecule has 2 nitrogen and oxygen atoms in total. The second kappa shape index (κ2) is 3.11. The van der Waals surface area contributed by atoms with Crippen LogP contribution in [0.5, 0.6) is 0 Å². The van der Waals surface area contributed by atoms with Gasteiger partial charge in [0.25, 0.3) is 0 Å². The van der Waals surface area contributed by atoms with Gasteiger partial charge in [0.2, 0.25) is 0 Å². The van der Waals surface area contributed by atoms with Crippen molar-refractivity contribution < 1.29 is 0 Å². The van der Waals surface area contributed by atoms with E-state index in [0.29, 0.717) is 5.41 Å². The number of rotatable bonds is 2. The molecule has 0 saturated carbocycles. The van der Waals surface area contributed by atoms with Crippen molar-refractivity contribution in [2.75, 3.05) is 27.2 Å². The molecule has 66 valence electrons. The van der Waals surface area contributed by atoms with E-state index < -0.39 is 0 Å². The molecule has 1 saturated heterocycles. The van der Waals surface area contributed by atoms with Gasteiger partial charge in [-0.3, -0.25) is 0 Å². The smallest absolute Gasteiger partial charge is 0.0223 e. The Morgan fingerprint density at radius 1 is 1.55 bits per heavy atom. The Balaban J connectivity index is 2.45. The number of hydrogen-bond donors (Lipinski definition) is 1. The van der Waals surface area contributed by atoms with Gasteiger partial charge in [0.05, 0.1) is 0 Å². The Hall–Kier alpha value is -0.0800. The third-order valence-corrected chi connectivity index (χ3v) is 2.53. The maximum atomic E-state index is 3.24. The van der Waals surface area contributed by atoms with Crippen LogP contribution >= 0.6 is 0 Å². The second-order valence-corrected chi connectivity index (χ2v) is 4.49. The van der Waals surface area contributed by atoms with Gasteiger partial charge in [-0.05, 0) is 25.9 Å². The molecule has 2 heteroatoms. The molecule has 0 bridgehead atoms. The molecule has 1 atom stereocenters. The summed E-state index contributed by atoms with van der Waals surface area (Å²) < 4.78 is 0. The highest BCUT2D eigenvalue weighted by Crippen LogP contribution is 2.32. The van der Waals surface area contributed by atoms with E-state index in [1.165, 1.54) is 13.0 Å². The lowest BCUT2D eigenvalue weighted by molar-refractivity contribution is 0.293. The van der Waals surface area contributed by atoms with Gasteiger partial charge in [0.15, 0.2) is 0 Å². The monoisotopic (exact) mass is 156 g/mol. The summed E-state index contributed by atoms with van der Waals surface area (Å²) in [5, 5.41) is 3.24. The summed E-state index contributed by atoms with van der Waals surface area (Å²) in [5.74, 6) is 0. The van der Waals surface area contributed by atoms with Crippen LogP contribution in [-0.2, 0) is 0 Å². The third kappa shape index (κ3) is 2.17. The van der Waals surface area contributed by atoms with Crippen LogP contribution in [0.4, 0.5) is 0 Å². The molecule has 1 unspecified atom stereocenters. The summed E-state index contributed by atoms with van der Waals surface area (Å²) in [7, 11) is 4.25.